The highest BCUT2D eigenvalue weighted by Gasteiger charge is 2.18. The number of aromatic amines is 1. The average Bonchev–Trinajstić information content (AvgIpc) is 2.90. The molecule has 0 radical (unpaired) electrons. The number of H-pyrrole nitrogens is 1. The Morgan fingerprint density at radius 1 is 1.14 bits per heavy atom. The van der Waals surface area contributed by atoms with Crippen LogP contribution in [0.1, 0.15) is 11.4 Å². The number of nitrogens with one attached hydrogen (secondary N) is 2. The predicted molar refractivity (Wildman–Crippen MR) is 80.6 cm³/mol. The highest BCUT2D eigenvalue weighted by molar-refractivity contribution is 7.92. The summed E-state index contributed by atoms with van der Waals surface area (Å²) < 4.78 is 27.3. The van der Waals surface area contributed by atoms with Gasteiger partial charge in [0.2, 0.25) is 0 Å². The van der Waals surface area contributed by atoms with Gasteiger partial charge in [-0.2, -0.15) is 8.42 Å². The van der Waals surface area contributed by atoms with Crippen LogP contribution in [0.15, 0.2) is 41.7 Å². The highest BCUT2D eigenvalue weighted by atomic mass is 32.2. The summed E-state index contributed by atoms with van der Waals surface area (Å²) in [7, 11) is -3.69. The molecule has 0 atom stereocenters. The fourth-order valence-corrected chi connectivity index (χ4v) is 3.19. The number of hydrogen-bond acceptors (Lipinski definition) is 4. The van der Waals surface area contributed by atoms with Crippen LogP contribution >= 0.6 is 0 Å². The van der Waals surface area contributed by atoms with Gasteiger partial charge in [0.05, 0.1) is 17.4 Å². The number of pyridine rings is 1. The third-order valence-electron chi connectivity index (χ3n) is 3.18. The summed E-state index contributed by atoms with van der Waals surface area (Å²) in [5.41, 5.74) is 2.26. The number of sulfonamides is 1. The second kappa shape index (κ2) is 4.85. The summed E-state index contributed by atoms with van der Waals surface area (Å²) in [6.07, 6.45) is 2.98. The van der Waals surface area contributed by atoms with Crippen LogP contribution in [0.5, 0.6) is 0 Å². The fourth-order valence-electron chi connectivity index (χ4n) is 2.14. The summed E-state index contributed by atoms with van der Waals surface area (Å²) >= 11 is 0. The standard InChI is InChI=1S/C14H14N4O2S/c1-9-5-6-12(11-4-3-7-15-14(9)11)18-21(19,20)13-8-16-10(2)17-13/h3-8,18H,1-2H3,(H,16,17). The zero-order chi connectivity index (χ0) is 15.0. The number of fused-ring (bicyclic) bond motifs is 1. The molecule has 0 aliphatic rings. The maximum atomic E-state index is 12.3. The first kappa shape index (κ1) is 13.6. The maximum absolute atomic E-state index is 12.3. The summed E-state index contributed by atoms with van der Waals surface area (Å²) in [6, 6.07) is 7.19. The van der Waals surface area contributed by atoms with Crippen LogP contribution in [0, 0.1) is 13.8 Å². The second-order valence-corrected chi connectivity index (χ2v) is 6.42. The minimum absolute atomic E-state index is 0.0395. The maximum Gasteiger partial charge on any atom is 0.279 e. The van der Waals surface area contributed by atoms with Crippen LogP contribution in [0.4, 0.5) is 5.69 Å². The molecular formula is C14H14N4O2S. The predicted octanol–water partition coefficient (Wildman–Crippen LogP) is 2.38. The van der Waals surface area contributed by atoms with E-state index < -0.39 is 10.0 Å². The lowest BCUT2D eigenvalue weighted by molar-refractivity contribution is 0.598. The van der Waals surface area contributed by atoms with Crippen molar-refractivity contribution < 1.29 is 8.42 Å². The fraction of sp³-hybridized carbons (Fsp3) is 0.143. The van der Waals surface area contributed by atoms with Gasteiger partial charge in [-0.1, -0.05) is 6.07 Å². The second-order valence-electron chi connectivity index (χ2n) is 4.77. The number of imidazole rings is 1. The quantitative estimate of drug-likeness (QED) is 0.777. The van der Waals surface area contributed by atoms with E-state index in [0.29, 0.717) is 11.5 Å². The molecule has 21 heavy (non-hydrogen) atoms. The van der Waals surface area contributed by atoms with E-state index in [1.54, 1.807) is 25.3 Å². The van der Waals surface area contributed by atoms with Gasteiger partial charge in [0.15, 0.2) is 5.03 Å². The van der Waals surface area contributed by atoms with E-state index in [2.05, 4.69) is 19.7 Å². The number of aryl methyl sites for hydroxylation is 2. The third kappa shape index (κ3) is 2.47. The molecule has 0 spiro atoms. The number of aromatic nitrogens is 3. The zero-order valence-corrected chi connectivity index (χ0v) is 12.4. The Bertz CT molecular complexity index is 916. The van der Waals surface area contributed by atoms with Crippen LogP contribution in [0.2, 0.25) is 0 Å². The largest absolute Gasteiger partial charge is 0.332 e. The molecule has 7 heteroatoms. The molecule has 0 unspecified atom stereocenters. The Labute approximate surface area is 122 Å². The molecule has 0 saturated carbocycles. The first-order chi connectivity index (χ1) is 9.97. The van der Waals surface area contributed by atoms with Gasteiger partial charge in [0, 0.05) is 11.6 Å². The number of benzene rings is 1. The summed E-state index contributed by atoms with van der Waals surface area (Å²) in [6.45, 7) is 3.64. The van der Waals surface area contributed by atoms with Crippen molar-refractivity contribution in [1.29, 1.82) is 0 Å². The molecule has 6 nitrogen and oxygen atoms in total. The molecule has 3 aromatic rings. The first-order valence-electron chi connectivity index (χ1n) is 6.36. The zero-order valence-electron chi connectivity index (χ0n) is 11.6. The molecule has 0 aliphatic heterocycles. The van der Waals surface area contributed by atoms with Crippen molar-refractivity contribution in [2.75, 3.05) is 4.72 Å². The summed E-state index contributed by atoms with van der Waals surface area (Å²) in [5, 5.41) is 0.801. The molecule has 1 aromatic carbocycles. The van der Waals surface area contributed by atoms with E-state index in [1.165, 1.54) is 6.20 Å². The number of rotatable bonds is 3. The van der Waals surface area contributed by atoms with Gasteiger partial charge in [-0.05, 0) is 37.6 Å². The van der Waals surface area contributed by atoms with Gasteiger partial charge in [-0.15, -0.1) is 0 Å². The van der Waals surface area contributed by atoms with Crippen molar-refractivity contribution in [3.63, 3.8) is 0 Å². The molecule has 0 amide bonds. The molecule has 0 saturated heterocycles. The average molecular weight is 302 g/mol. The van der Waals surface area contributed by atoms with Crippen molar-refractivity contribution in [3.05, 3.63) is 48.0 Å². The molecule has 0 fully saturated rings. The third-order valence-corrected chi connectivity index (χ3v) is 4.46. The SMILES string of the molecule is Cc1ncc(S(=O)(=O)Nc2ccc(C)c3ncccc23)[nH]1. The topological polar surface area (TPSA) is 87.7 Å². The van der Waals surface area contributed by atoms with Crippen LogP contribution in [0.25, 0.3) is 10.9 Å². The molecule has 2 aromatic heterocycles. The molecule has 108 valence electrons. The Kier molecular flexibility index (Phi) is 3.13. The van der Waals surface area contributed by atoms with E-state index in [4.69, 9.17) is 0 Å². The van der Waals surface area contributed by atoms with Gasteiger partial charge in [-0.3, -0.25) is 9.71 Å². The lowest BCUT2D eigenvalue weighted by atomic mass is 10.1. The van der Waals surface area contributed by atoms with E-state index in [0.717, 1.165) is 16.5 Å². The van der Waals surface area contributed by atoms with Gasteiger partial charge in [0.25, 0.3) is 10.0 Å². The number of anilines is 1. The molecule has 2 N–H and O–H groups in total. The normalized spacial score (nSPS) is 11.7. The molecule has 3 rings (SSSR count). The molecule has 0 aliphatic carbocycles. The van der Waals surface area contributed by atoms with Crippen molar-refractivity contribution in [2.45, 2.75) is 18.9 Å². The van der Waals surface area contributed by atoms with Gasteiger partial charge < -0.3 is 4.98 Å². The smallest absolute Gasteiger partial charge is 0.279 e. The van der Waals surface area contributed by atoms with Crippen LogP contribution in [-0.4, -0.2) is 23.4 Å². The van der Waals surface area contributed by atoms with Crippen molar-refractivity contribution >= 4 is 26.6 Å². The molecule has 2 heterocycles. The minimum Gasteiger partial charge on any atom is -0.332 e. The van der Waals surface area contributed by atoms with Crippen LogP contribution in [-0.2, 0) is 10.0 Å². The lowest BCUT2D eigenvalue weighted by Crippen LogP contribution is -2.13. The van der Waals surface area contributed by atoms with Crippen LogP contribution in [0.3, 0.4) is 0 Å². The Morgan fingerprint density at radius 2 is 1.95 bits per heavy atom. The first-order valence-corrected chi connectivity index (χ1v) is 7.84. The highest BCUT2D eigenvalue weighted by Crippen LogP contribution is 2.26. The van der Waals surface area contributed by atoms with Gasteiger partial charge in [-0.25, -0.2) is 4.98 Å². The van der Waals surface area contributed by atoms with Crippen molar-refractivity contribution in [1.82, 2.24) is 15.0 Å². The van der Waals surface area contributed by atoms with Gasteiger partial charge >= 0.3 is 0 Å². The lowest BCUT2D eigenvalue weighted by Gasteiger charge is -2.10. The Balaban J connectivity index is 2.08. The van der Waals surface area contributed by atoms with E-state index in [1.807, 2.05) is 19.1 Å². The van der Waals surface area contributed by atoms with E-state index in [9.17, 15) is 8.42 Å². The van der Waals surface area contributed by atoms with Gasteiger partial charge in [0.1, 0.15) is 5.82 Å². The van der Waals surface area contributed by atoms with Crippen molar-refractivity contribution in [3.8, 4) is 0 Å². The molecule has 0 bridgehead atoms. The number of hydrogen-bond donors (Lipinski definition) is 2. The monoisotopic (exact) mass is 302 g/mol. The van der Waals surface area contributed by atoms with E-state index >= 15 is 0 Å². The Hall–Kier alpha value is -2.41. The molecular weight excluding hydrogens is 288 g/mol. The van der Waals surface area contributed by atoms with Crippen LogP contribution < -0.4 is 4.72 Å². The number of nitrogens with zero attached hydrogens (tertiary/aromatic N) is 2. The minimum atomic E-state index is -3.69. The Morgan fingerprint density at radius 3 is 2.67 bits per heavy atom. The van der Waals surface area contributed by atoms with Crippen molar-refractivity contribution in [2.24, 2.45) is 0 Å². The summed E-state index contributed by atoms with van der Waals surface area (Å²) in [5.74, 6) is 0.547. The van der Waals surface area contributed by atoms with E-state index in [-0.39, 0.29) is 5.03 Å². The summed E-state index contributed by atoms with van der Waals surface area (Å²) in [4.78, 5) is 10.9.